The first kappa shape index (κ1) is 14.3. The van der Waals surface area contributed by atoms with Gasteiger partial charge in [-0.1, -0.05) is 55.5 Å². The third-order valence-corrected chi connectivity index (χ3v) is 4.65. The van der Waals surface area contributed by atoms with Crippen molar-refractivity contribution in [2.45, 2.75) is 18.8 Å². The van der Waals surface area contributed by atoms with E-state index in [0.29, 0.717) is 0 Å². The molecule has 1 atom stereocenters. The van der Waals surface area contributed by atoms with Gasteiger partial charge in [-0.2, -0.15) is 0 Å². The highest BCUT2D eigenvalue weighted by molar-refractivity contribution is 5.88. The van der Waals surface area contributed by atoms with Crippen molar-refractivity contribution < 1.29 is 19.8 Å². The van der Waals surface area contributed by atoms with Crippen molar-refractivity contribution in [2.75, 3.05) is 0 Å². The normalized spacial score (nSPS) is 15.7. The number of benzene rings is 2. The summed E-state index contributed by atoms with van der Waals surface area (Å²) >= 11 is 0. The molecule has 0 amide bonds. The zero-order valence-electron chi connectivity index (χ0n) is 12.1. The van der Waals surface area contributed by atoms with Gasteiger partial charge in [-0.3, -0.25) is 9.59 Å². The summed E-state index contributed by atoms with van der Waals surface area (Å²) in [6.45, 7) is 1.59. The largest absolute Gasteiger partial charge is 0.481 e. The Morgan fingerprint density at radius 3 is 1.82 bits per heavy atom. The van der Waals surface area contributed by atoms with Crippen LogP contribution in [0.15, 0.2) is 48.5 Å². The number of carboxylic acids is 2. The maximum absolute atomic E-state index is 11.7. The topological polar surface area (TPSA) is 74.6 Å². The molecule has 0 saturated heterocycles. The minimum atomic E-state index is -1.04. The smallest absolute Gasteiger partial charge is 0.307 e. The van der Waals surface area contributed by atoms with Gasteiger partial charge >= 0.3 is 11.9 Å². The molecule has 1 aliphatic rings. The molecule has 1 aliphatic carbocycles. The molecule has 22 heavy (non-hydrogen) atoms. The Bertz CT molecular complexity index is 718. The minimum Gasteiger partial charge on any atom is -0.481 e. The number of aliphatic carboxylic acids is 2. The summed E-state index contributed by atoms with van der Waals surface area (Å²) in [7, 11) is 0. The van der Waals surface area contributed by atoms with Gasteiger partial charge in [0, 0.05) is 5.41 Å². The van der Waals surface area contributed by atoms with Crippen molar-refractivity contribution in [3.05, 3.63) is 59.7 Å². The Hall–Kier alpha value is -2.62. The summed E-state index contributed by atoms with van der Waals surface area (Å²) in [6.07, 6.45) is -0.242. The van der Waals surface area contributed by atoms with Crippen LogP contribution in [0.25, 0.3) is 11.1 Å². The number of fused-ring (bicyclic) bond motifs is 3. The lowest BCUT2D eigenvalue weighted by atomic mass is 9.67. The van der Waals surface area contributed by atoms with Crippen molar-refractivity contribution in [1.82, 2.24) is 0 Å². The van der Waals surface area contributed by atoms with Gasteiger partial charge in [0.15, 0.2) is 0 Å². The standard InChI is InChI=1S/C18H16O4/c1-11(17(21)22)18(10-16(19)20)14-8-4-2-6-12(14)13-7-3-5-9-15(13)18/h2-9,11H,10H2,1H3,(H,19,20)(H,21,22). The molecule has 2 aromatic carbocycles. The van der Waals surface area contributed by atoms with Crippen molar-refractivity contribution in [3.63, 3.8) is 0 Å². The summed E-state index contributed by atoms with van der Waals surface area (Å²) in [5.74, 6) is -2.83. The van der Waals surface area contributed by atoms with Crippen molar-refractivity contribution in [1.29, 1.82) is 0 Å². The van der Waals surface area contributed by atoms with Crippen LogP contribution in [0.1, 0.15) is 24.5 Å². The maximum atomic E-state index is 11.7. The van der Waals surface area contributed by atoms with E-state index in [-0.39, 0.29) is 6.42 Å². The first-order valence-corrected chi connectivity index (χ1v) is 7.12. The molecule has 0 radical (unpaired) electrons. The number of rotatable bonds is 4. The highest BCUT2D eigenvalue weighted by Crippen LogP contribution is 2.54. The molecule has 2 N–H and O–H groups in total. The average molecular weight is 296 g/mol. The predicted molar refractivity (Wildman–Crippen MR) is 81.7 cm³/mol. The molecule has 0 aliphatic heterocycles. The predicted octanol–water partition coefficient (Wildman–Crippen LogP) is 3.15. The molecule has 2 aromatic rings. The minimum absolute atomic E-state index is 0.242. The fraction of sp³-hybridized carbons (Fsp3) is 0.222. The zero-order chi connectivity index (χ0) is 15.9. The van der Waals surface area contributed by atoms with E-state index in [9.17, 15) is 19.8 Å². The van der Waals surface area contributed by atoms with Crippen LogP contribution in [0.5, 0.6) is 0 Å². The monoisotopic (exact) mass is 296 g/mol. The van der Waals surface area contributed by atoms with Gasteiger partial charge in [-0.05, 0) is 22.3 Å². The molecule has 4 nitrogen and oxygen atoms in total. The van der Waals surface area contributed by atoms with E-state index >= 15 is 0 Å². The maximum Gasteiger partial charge on any atom is 0.307 e. The van der Waals surface area contributed by atoms with Gasteiger partial charge in [0.05, 0.1) is 12.3 Å². The fourth-order valence-electron chi connectivity index (χ4n) is 3.62. The molecule has 3 rings (SSSR count). The van der Waals surface area contributed by atoms with Crippen LogP contribution >= 0.6 is 0 Å². The summed E-state index contributed by atoms with van der Waals surface area (Å²) in [6, 6.07) is 15.0. The summed E-state index contributed by atoms with van der Waals surface area (Å²) < 4.78 is 0. The summed E-state index contributed by atoms with van der Waals surface area (Å²) in [5.41, 5.74) is 2.38. The Kier molecular flexibility index (Phi) is 3.24. The van der Waals surface area contributed by atoms with Gasteiger partial charge in [-0.25, -0.2) is 0 Å². The Morgan fingerprint density at radius 1 is 0.955 bits per heavy atom. The number of hydrogen-bond donors (Lipinski definition) is 2. The highest BCUT2D eigenvalue weighted by Gasteiger charge is 2.50. The van der Waals surface area contributed by atoms with E-state index in [2.05, 4.69) is 0 Å². The second-order valence-corrected chi connectivity index (χ2v) is 5.69. The van der Waals surface area contributed by atoms with Crippen molar-refractivity contribution in [2.24, 2.45) is 5.92 Å². The van der Waals surface area contributed by atoms with Gasteiger partial charge < -0.3 is 10.2 Å². The SMILES string of the molecule is CC(C(=O)O)C1(CC(=O)O)c2ccccc2-c2ccccc21. The molecule has 1 unspecified atom stereocenters. The van der Waals surface area contributed by atoms with Gasteiger partial charge in [0.25, 0.3) is 0 Å². The quantitative estimate of drug-likeness (QED) is 0.909. The highest BCUT2D eigenvalue weighted by atomic mass is 16.4. The van der Waals surface area contributed by atoms with Crippen LogP contribution in [-0.2, 0) is 15.0 Å². The number of carbonyl (C=O) groups is 2. The van der Waals surface area contributed by atoms with E-state index < -0.39 is 23.3 Å². The molecule has 0 aromatic heterocycles. The molecule has 0 spiro atoms. The van der Waals surface area contributed by atoms with E-state index in [4.69, 9.17) is 0 Å². The second-order valence-electron chi connectivity index (χ2n) is 5.69. The van der Waals surface area contributed by atoms with Crippen molar-refractivity contribution in [3.8, 4) is 11.1 Å². The Morgan fingerprint density at radius 2 is 1.41 bits per heavy atom. The molecule has 0 bridgehead atoms. The first-order chi connectivity index (χ1) is 10.5. The summed E-state index contributed by atoms with van der Waals surface area (Å²) in [5, 5.41) is 19.0. The Labute approximate surface area is 128 Å². The van der Waals surface area contributed by atoms with Crippen LogP contribution in [0, 0.1) is 5.92 Å². The molecule has 4 heteroatoms. The van der Waals surface area contributed by atoms with E-state index in [0.717, 1.165) is 22.3 Å². The molecule has 0 heterocycles. The van der Waals surface area contributed by atoms with Crippen LogP contribution < -0.4 is 0 Å². The Balaban J connectivity index is 2.37. The third kappa shape index (κ3) is 1.84. The molecule has 0 fully saturated rings. The molecule has 112 valence electrons. The lowest BCUT2D eigenvalue weighted by molar-refractivity contribution is -0.145. The lowest BCUT2D eigenvalue weighted by Gasteiger charge is -2.34. The molecular weight excluding hydrogens is 280 g/mol. The van der Waals surface area contributed by atoms with E-state index in [1.54, 1.807) is 6.92 Å². The van der Waals surface area contributed by atoms with E-state index in [1.807, 2.05) is 48.5 Å². The fourth-order valence-corrected chi connectivity index (χ4v) is 3.62. The first-order valence-electron chi connectivity index (χ1n) is 7.12. The number of carboxylic acid groups (broad SMARTS) is 2. The zero-order valence-corrected chi connectivity index (χ0v) is 12.1. The third-order valence-electron chi connectivity index (χ3n) is 4.65. The van der Waals surface area contributed by atoms with Gasteiger partial charge in [0.2, 0.25) is 0 Å². The van der Waals surface area contributed by atoms with Crippen LogP contribution in [0.3, 0.4) is 0 Å². The van der Waals surface area contributed by atoms with E-state index in [1.165, 1.54) is 0 Å². The van der Waals surface area contributed by atoms with Crippen LogP contribution in [0.4, 0.5) is 0 Å². The summed E-state index contributed by atoms with van der Waals surface area (Å²) in [4.78, 5) is 23.2. The second kappa shape index (κ2) is 4.98. The lowest BCUT2D eigenvalue weighted by Crippen LogP contribution is -2.39. The van der Waals surface area contributed by atoms with Gasteiger partial charge in [0.1, 0.15) is 0 Å². The van der Waals surface area contributed by atoms with Crippen LogP contribution in [0.2, 0.25) is 0 Å². The number of hydrogen-bond acceptors (Lipinski definition) is 2. The van der Waals surface area contributed by atoms with Gasteiger partial charge in [-0.15, -0.1) is 0 Å². The molecular formula is C18H16O4. The average Bonchev–Trinajstić information content (AvgIpc) is 2.78. The molecule has 0 saturated carbocycles. The van der Waals surface area contributed by atoms with Crippen LogP contribution in [-0.4, -0.2) is 22.2 Å². The van der Waals surface area contributed by atoms with Crippen molar-refractivity contribution >= 4 is 11.9 Å².